The van der Waals surface area contributed by atoms with Gasteiger partial charge < -0.3 is 9.47 Å². The maximum Gasteiger partial charge on any atom is 0.270 e. The van der Waals surface area contributed by atoms with Gasteiger partial charge in [-0.25, -0.2) is 0 Å². The molecular weight excluding hydrogens is 390 g/mol. The minimum absolute atomic E-state index is 0.113. The standard InChI is InChI=1S/C22H23NO3S2/c1-14(2)13-26-18-10-7-16(11-19(18)25-4)12-20-21(24)23(22(27)28-20)17-8-5-15(3)6-9-17/h5-12,14H,13H2,1-4H3/b20-12+. The number of aryl methyl sites for hydroxylation is 1. The molecule has 0 N–H and O–H groups in total. The summed E-state index contributed by atoms with van der Waals surface area (Å²) in [5.41, 5.74) is 2.78. The third kappa shape index (κ3) is 4.56. The predicted octanol–water partition coefficient (Wildman–Crippen LogP) is 5.44. The lowest BCUT2D eigenvalue weighted by Gasteiger charge is -2.14. The van der Waals surface area contributed by atoms with Gasteiger partial charge in [0.05, 0.1) is 24.3 Å². The van der Waals surface area contributed by atoms with Crippen LogP contribution in [0.2, 0.25) is 0 Å². The van der Waals surface area contributed by atoms with Crippen molar-refractivity contribution in [3.63, 3.8) is 0 Å². The minimum atomic E-state index is -0.113. The first kappa shape index (κ1) is 20.4. The molecule has 4 nitrogen and oxygen atoms in total. The number of thiocarbonyl (C=S) groups is 1. The second-order valence-corrected chi connectivity index (χ2v) is 8.64. The van der Waals surface area contributed by atoms with Crippen LogP contribution in [-0.2, 0) is 4.79 Å². The van der Waals surface area contributed by atoms with Crippen LogP contribution in [-0.4, -0.2) is 23.9 Å². The summed E-state index contributed by atoms with van der Waals surface area (Å²) in [5.74, 6) is 1.65. The Morgan fingerprint density at radius 3 is 2.50 bits per heavy atom. The zero-order valence-corrected chi connectivity index (χ0v) is 18.0. The normalized spacial score (nSPS) is 15.6. The van der Waals surface area contributed by atoms with E-state index in [9.17, 15) is 4.79 Å². The van der Waals surface area contributed by atoms with Crippen LogP contribution < -0.4 is 14.4 Å². The number of thioether (sulfide) groups is 1. The number of rotatable bonds is 6. The molecule has 0 aliphatic carbocycles. The molecule has 0 aromatic heterocycles. The van der Waals surface area contributed by atoms with E-state index in [-0.39, 0.29) is 5.91 Å². The Bertz CT molecular complexity index is 920. The van der Waals surface area contributed by atoms with E-state index in [1.165, 1.54) is 11.8 Å². The Hall–Kier alpha value is -2.31. The van der Waals surface area contributed by atoms with Gasteiger partial charge in [0, 0.05) is 0 Å². The highest BCUT2D eigenvalue weighted by Gasteiger charge is 2.33. The summed E-state index contributed by atoms with van der Waals surface area (Å²) < 4.78 is 11.8. The summed E-state index contributed by atoms with van der Waals surface area (Å²) in [4.78, 5) is 15.1. The lowest BCUT2D eigenvalue weighted by Crippen LogP contribution is -2.27. The molecule has 3 rings (SSSR count). The summed E-state index contributed by atoms with van der Waals surface area (Å²) in [7, 11) is 1.61. The van der Waals surface area contributed by atoms with E-state index >= 15 is 0 Å². The van der Waals surface area contributed by atoms with Crippen LogP contribution in [0.5, 0.6) is 11.5 Å². The van der Waals surface area contributed by atoms with Crippen LogP contribution in [0.1, 0.15) is 25.0 Å². The minimum Gasteiger partial charge on any atom is -0.493 e. The number of carbonyl (C=O) groups is 1. The lowest BCUT2D eigenvalue weighted by molar-refractivity contribution is -0.113. The molecule has 0 radical (unpaired) electrons. The SMILES string of the molecule is COc1cc(/C=C2/SC(=S)N(c3ccc(C)cc3)C2=O)ccc1OCC(C)C. The number of ether oxygens (including phenoxy) is 2. The topological polar surface area (TPSA) is 38.8 Å². The molecular formula is C22H23NO3S2. The van der Waals surface area contributed by atoms with Crippen molar-refractivity contribution in [1.29, 1.82) is 0 Å². The Labute approximate surface area is 175 Å². The van der Waals surface area contributed by atoms with E-state index in [4.69, 9.17) is 21.7 Å². The molecule has 1 heterocycles. The van der Waals surface area contributed by atoms with Gasteiger partial charge in [0.15, 0.2) is 15.8 Å². The van der Waals surface area contributed by atoms with Gasteiger partial charge in [-0.1, -0.05) is 61.6 Å². The molecule has 28 heavy (non-hydrogen) atoms. The Morgan fingerprint density at radius 1 is 1.14 bits per heavy atom. The number of benzene rings is 2. The Kier molecular flexibility index (Phi) is 6.42. The molecule has 1 aliphatic heterocycles. The summed E-state index contributed by atoms with van der Waals surface area (Å²) >= 11 is 6.74. The first-order valence-electron chi connectivity index (χ1n) is 9.04. The first-order chi connectivity index (χ1) is 13.4. The number of hydrogen-bond donors (Lipinski definition) is 0. The fraction of sp³-hybridized carbons (Fsp3) is 0.273. The molecule has 0 saturated carbocycles. The molecule has 2 aromatic carbocycles. The Balaban J connectivity index is 1.84. The van der Waals surface area contributed by atoms with E-state index in [0.29, 0.717) is 33.2 Å². The monoisotopic (exact) mass is 413 g/mol. The van der Waals surface area contributed by atoms with Gasteiger partial charge in [0.25, 0.3) is 5.91 Å². The molecule has 1 aliphatic rings. The van der Waals surface area contributed by atoms with Gasteiger partial charge in [-0.3, -0.25) is 9.69 Å². The number of amides is 1. The van der Waals surface area contributed by atoms with Crippen molar-refractivity contribution in [2.45, 2.75) is 20.8 Å². The fourth-order valence-corrected chi connectivity index (χ4v) is 3.98. The summed E-state index contributed by atoms with van der Waals surface area (Å²) in [6.07, 6.45) is 1.84. The number of nitrogens with zero attached hydrogens (tertiary/aromatic N) is 1. The van der Waals surface area contributed by atoms with E-state index < -0.39 is 0 Å². The van der Waals surface area contributed by atoms with Gasteiger partial charge in [-0.05, 0) is 48.7 Å². The van der Waals surface area contributed by atoms with Crippen molar-refractivity contribution >= 4 is 46.0 Å². The molecule has 1 saturated heterocycles. The van der Waals surface area contributed by atoms with Crippen molar-refractivity contribution in [3.05, 3.63) is 58.5 Å². The van der Waals surface area contributed by atoms with Crippen LogP contribution in [0.15, 0.2) is 47.4 Å². The van der Waals surface area contributed by atoms with Gasteiger partial charge in [-0.2, -0.15) is 0 Å². The van der Waals surface area contributed by atoms with Crippen molar-refractivity contribution in [1.82, 2.24) is 0 Å². The summed E-state index contributed by atoms with van der Waals surface area (Å²) in [6, 6.07) is 13.4. The second kappa shape index (κ2) is 8.80. The average Bonchev–Trinajstić information content (AvgIpc) is 2.94. The highest BCUT2D eigenvalue weighted by atomic mass is 32.2. The van der Waals surface area contributed by atoms with Crippen LogP contribution >= 0.6 is 24.0 Å². The van der Waals surface area contributed by atoms with Crippen molar-refractivity contribution in [2.75, 3.05) is 18.6 Å². The number of methoxy groups -OCH3 is 1. The smallest absolute Gasteiger partial charge is 0.270 e. The van der Waals surface area contributed by atoms with Gasteiger partial charge in [0.2, 0.25) is 0 Å². The number of hydrogen-bond acceptors (Lipinski definition) is 5. The van der Waals surface area contributed by atoms with Gasteiger partial charge >= 0.3 is 0 Å². The maximum atomic E-state index is 12.9. The third-order valence-corrected chi connectivity index (χ3v) is 5.45. The van der Waals surface area contributed by atoms with Crippen molar-refractivity contribution in [3.8, 4) is 11.5 Å². The highest BCUT2D eigenvalue weighted by Crippen LogP contribution is 2.37. The van der Waals surface area contributed by atoms with E-state index in [2.05, 4.69) is 13.8 Å². The zero-order chi connectivity index (χ0) is 20.3. The highest BCUT2D eigenvalue weighted by molar-refractivity contribution is 8.27. The molecule has 0 spiro atoms. The fourth-order valence-electron chi connectivity index (χ4n) is 2.69. The van der Waals surface area contributed by atoms with Crippen LogP contribution in [0.4, 0.5) is 5.69 Å². The second-order valence-electron chi connectivity index (χ2n) is 6.97. The number of anilines is 1. The molecule has 0 atom stereocenters. The summed E-state index contributed by atoms with van der Waals surface area (Å²) in [5, 5.41) is 0. The number of carbonyl (C=O) groups excluding carboxylic acids is 1. The van der Waals surface area contributed by atoms with E-state index in [1.807, 2.05) is 55.5 Å². The molecule has 146 valence electrons. The van der Waals surface area contributed by atoms with E-state index in [0.717, 1.165) is 16.8 Å². The molecule has 1 amide bonds. The molecule has 0 unspecified atom stereocenters. The predicted molar refractivity (Wildman–Crippen MR) is 120 cm³/mol. The van der Waals surface area contributed by atoms with Gasteiger partial charge in [-0.15, -0.1) is 0 Å². The quantitative estimate of drug-likeness (QED) is 0.465. The van der Waals surface area contributed by atoms with E-state index in [1.54, 1.807) is 12.0 Å². The summed E-state index contributed by atoms with van der Waals surface area (Å²) in [6.45, 7) is 6.81. The largest absolute Gasteiger partial charge is 0.493 e. The average molecular weight is 414 g/mol. The third-order valence-electron chi connectivity index (χ3n) is 4.14. The van der Waals surface area contributed by atoms with Crippen LogP contribution in [0, 0.1) is 12.8 Å². The molecule has 6 heteroatoms. The molecule has 1 fully saturated rings. The van der Waals surface area contributed by atoms with Crippen molar-refractivity contribution in [2.24, 2.45) is 5.92 Å². The van der Waals surface area contributed by atoms with Crippen molar-refractivity contribution < 1.29 is 14.3 Å². The maximum absolute atomic E-state index is 12.9. The molecule has 0 bridgehead atoms. The van der Waals surface area contributed by atoms with Crippen LogP contribution in [0.25, 0.3) is 6.08 Å². The zero-order valence-electron chi connectivity index (χ0n) is 16.4. The van der Waals surface area contributed by atoms with Gasteiger partial charge in [0.1, 0.15) is 0 Å². The Morgan fingerprint density at radius 2 is 1.86 bits per heavy atom. The first-order valence-corrected chi connectivity index (χ1v) is 10.3. The lowest BCUT2D eigenvalue weighted by atomic mass is 10.1. The molecule has 2 aromatic rings. The van der Waals surface area contributed by atoms with Crippen LogP contribution in [0.3, 0.4) is 0 Å².